The third-order valence-corrected chi connectivity index (χ3v) is 15.9. The summed E-state index contributed by atoms with van der Waals surface area (Å²) in [4.78, 5) is 25.5. The van der Waals surface area contributed by atoms with E-state index in [2.05, 4.69) is 36.0 Å². The van der Waals surface area contributed by atoms with E-state index >= 15 is 0 Å². The number of rotatable bonds is 15. The Balaban J connectivity index is 0.000000188. The third-order valence-electron chi connectivity index (χ3n) is 12.0. The Morgan fingerprint density at radius 3 is 1.41 bits per heavy atom. The van der Waals surface area contributed by atoms with Crippen LogP contribution in [0.2, 0.25) is 0 Å². The first-order chi connectivity index (χ1) is 32.8. The zero-order valence-corrected chi connectivity index (χ0v) is 41.6. The van der Waals surface area contributed by atoms with E-state index in [1.165, 1.54) is 6.07 Å². The number of sulfonamides is 2. The number of hydrogen-bond acceptors (Lipinski definition) is 12. The standard InChI is InChI=1S/C28H30N2O6S.C22H25BrN2O6S/c1-27(2)35-25-23(34-19-28(25,36-27)18-29-26(31)21-13-7-4-8-14-21)17-30-37(32,33)24-16-10-9-15-22(24)20-11-5-3-6-12-20;1-21(2)30-19-17(12-25-32(27,28)18-11-7-6-10-16(18)23)29-14-22(19,31-21)13-24-20(26)15-8-4-3-5-9-15/h3-16,23,25,30H,17-19H2,1-2H3,(H,29,31);3-11,17,19,25H,12-14H2,1-2H3,(H,24,26)/t23-,25-,28+;17-,19-,22+/m11/s1. The van der Waals surface area contributed by atoms with Crippen molar-refractivity contribution in [2.45, 2.75) is 84.7 Å². The Kier molecular flexibility index (Phi) is 15.0. The van der Waals surface area contributed by atoms with Crippen molar-refractivity contribution < 1.29 is 54.8 Å². The fourth-order valence-electron chi connectivity index (χ4n) is 9.00. The van der Waals surface area contributed by atoms with Gasteiger partial charge in [-0.05, 0) is 91.7 Å². The summed E-state index contributed by atoms with van der Waals surface area (Å²) in [5.41, 5.74) is 0.637. The molecule has 0 radical (unpaired) electrons. The second-order valence-electron chi connectivity index (χ2n) is 18.0. The Morgan fingerprint density at radius 2 is 0.942 bits per heavy atom. The highest BCUT2D eigenvalue weighted by Crippen LogP contribution is 2.44. The van der Waals surface area contributed by atoms with Gasteiger partial charge in [0.05, 0.1) is 36.1 Å². The third kappa shape index (κ3) is 11.5. The van der Waals surface area contributed by atoms with Crippen LogP contribution in [0.15, 0.2) is 154 Å². The van der Waals surface area contributed by atoms with Crippen molar-refractivity contribution in [3.8, 4) is 11.1 Å². The molecule has 5 aromatic carbocycles. The minimum atomic E-state index is -3.86. The number of ether oxygens (including phenoxy) is 6. The van der Waals surface area contributed by atoms with E-state index in [9.17, 15) is 26.4 Å². The number of carbonyl (C=O) groups excluding carboxylic acids is 2. The molecule has 6 atom stereocenters. The average molecular weight is 1050 g/mol. The van der Waals surface area contributed by atoms with Crippen molar-refractivity contribution in [3.63, 3.8) is 0 Å². The van der Waals surface area contributed by atoms with Crippen molar-refractivity contribution in [3.05, 3.63) is 155 Å². The maximum atomic E-state index is 13.4. The number of hydrogen-bond donors (Lipinski definition) is 4. The zero-order chi connectivity index (χ0) is 49.1. The van der Waals surface area contributed by atoms with Crippen LogP contribution < -0.4 is 20.1 Å². The maximum absolute atomic E-state index is 13.4. The predicted molar refractivity (Wildman–Crippen MR) is 259 cm³/mol. The Bertz CT molecular complexity index is 2840. The van der Waals surface area contributed by atoms with Crippen molar-refractivity contribution >= 4 is 47.8 Å². The van der Waals surface area contributed by atoms with Gasteiger partial charge in [0.1, 0.15) is 35.6 Å². The van der Waals surface area contributed by atoms with E-state index in [1.54, 1.807) is 113 Å². The second kappa shape index (κ2) is 20.4. The van der Waals surface area contributed by atoms with Crippen molar-refractivity contribution in [1.29, 1.82) is 0 Å². The van der Waals surface area contributed by atoms with Crippen molar-refractivity contribution in [2.24, 2.45) is 0 Å². The van der Waals surface area contributed by atoms with E-state index in [4.69, 9.17) is 28.4 Å². The van der Waals surface area contributed by atoms with Gasteiger partial charge in [-0.2, -0.15) is 0 Å². The molecule has 0 spiro atoms. The average Bonchev–Trinajstić information content (AvgIpc) is 4.01. The fraction of sp³-hybridized carbons (Fsp3) is 0.360. The fourth-order valence-corrected chi connectivity index (χ4v) is 12.3. The molecule has 0 aliphatic carbocycles. The van der Waals surface area contributed by atoms with Crippen LogP contribution in [-0.4, -0.2) is 115 Å². The summed E-state index contributed by atoms with van der Waals surface area (Å²) < 4.78 is 94.5. The van der Waals surface area contributed by atoms with Gasteiger partial charge < -0.3 is 39.1 Å². The van der Waals surface area contributed by atoms with Gasteiger partial charge in [0.2, 0.25) is 20.0 Å². The van der Waals surface area contributed by atoms with Crippen LogP contribution in [0, 0.1) is 0 Å². The zero-order valence-electron chi connectivity index (χ0n) is 38.4. The molecule has 5 aromatic rings. The lowest BCUT2D eigenvalue weighted by molar-refractivity contribution is -0.188. The number of halogens is 1. The quantitative estimate of drug-likeness (QED) is 0.0983. The minimum Gasteiger partial charge on any atom is -0.371 e. The summed E-state index contributed by atoms with van der Waals surface area (Å²) in [5.74, 6) is -2.28. The highest BCUT2D eigenvalue weighted by molar-refractivity contribution is 9.10. The van der Waals surface area contributed by atoms with Gasteiger partial charge in [0, 0.05) is 34.3 Å². The molecule has 19 heteroatoms. The predicted octanol–water partition coefficient (Wildman–Crippen LogP) is 5.80. The minimum absolute atomic E-state index is 0.00214. The van der Waals surface area contributed by atoms with Gasteiger partial charge in [0.25, 0.3) is 11.8 Å². The molecule has 0 bridgehead atoms. The normalized spacial score (nSPS) is 25.5. The van der Waals surface area contributed by atoms with Crippen LogP contribution in [0.3, 0.4) is 0 Å². The van der Waals surface area contributed by atoms with Crippen molar-refractivity contribution in [2.75, 3.05) is 39.4 Å². The number of fused-ring (bicyclic) bond motifs is 2. The molecule has 2 amide bonds. The number of nitrogens with one attached hydrogen (secondary N) is 4. The first kappa shape index (κ1) is 50.5. The molecule has 4 saturated heterocycles. The molecule has 4 aliphatic rings. The molecule has 0 saturated carbocycles. The largest absolute Gasteiger partial charge is 0.371 e. The molecule has 69 heavy (non-hydrogen) atoms. The summed E-state index contributed by atoms with van der Waals surface area (Å²) in [6.45, 7) is 7.81. The molecule has 4 N–H and O–H groups in total. The van der Waals surface area contributed by atoms with Crippen LogP contribution in [0.5, 0.6) is 0 Å². The molecule has 16 nitrogen and oxygen atoms in total. The van der Waals surface area contributed by atoms with E-state index in [0.29, 0.717) is 21.2 Å². The Hall–Kier alpha value is -4.90. The van der Waals surface area contributed by atoms with Crippen LogP contribution in [0.25, 0.3) is 11.1 Å². The number of amides is 2. The summed E-state index contributed by atoms with van der Waals surface area (Å²) in [6, 6.07) is 40.6. The number of benzene rings is 5. The topological polar surface area (TPSA) is 206 Å². The van der Waals surface area contributed by atoms with E-state index in [0.717, 1.165) is 5.56 Å². The monoisotopic (exact) mass is 1050 g/mol. The Labute approximate surface area is 411 Å². The van der Waals surface area contributed by atoms with Crippen LogP contribution in [-0.2, 0) is 48.5 Å². The summed E-state index contributed by atoms with van der Waals surface area (Å²) in [7, 11) is -7.62. The van der Waals surface area contributed by atoms with Gasteiger partial charge in [-0.1, -0.05) is 97.1 Å². The molecule has 9 rings (SSSR count). The van der Waals surface area contributed by atoms with Crippen LogP contribution in [0.4, 0.5) is 0 Å². The lowest BCUT2D eigenvalue weighted by Crippen LogP contribution is -2.52. The maximum Gasteiger partial charge on any atom is 0.251 e. The number of carbonyl (C=O) groups is 2. The molecule has 366 valence electrons. The van der Waals surface area contributed by atoms with E-state index in [-0.39, 0.29) is 61.0 Å². The lowest BCUT2D eigenvalue weighted by Gasteiger charge is -2.27. The summed E-state index contributed by atoms with van der Waals surface area (Å²) in [5, 5.41) is 5.82. The Morgan fingerprint density at radius 1 is 0.551 bits per heavy atom. The van der Waals surface area contributed by atoms with E-state index < -0.39 is 67.2 Å². The first-order valence-corrected chi connectivity index (χ1v) is 26.1. The molecule has 4 heterocycles. The summed E-state index contributed by atoms with van der Waals surface area (Å²) in [6.07, 6.45) is -2.32. The highest BCUT2D eigenvalue weighted by atomic mass is 79.9. The SMILES string of the molecule is CC1(C)O[C@@H]2[C@@H](CNS(=O)(=O)c3ccccc3-c3ccccc3)OC[C@]2(CNC(=O)c2ccccc2)O1.CC1(C)O[C@@H]2[C@@H](CNS(=O)(=O)c3ccccc3Br)OC[C@]2(CNC(=O)c2ccccc2)O1. The second-order valence-corrected chi connectivity index (χ2v) is 22.3. The van der Waals surface area contributed by atoms with Gasteiger partial charge in [-0.25, -0.2) is 26.3 Å². The van der Waals surface area contributed by atoms with Gasteiger partial charge in [0.15, 0.2) is 11.6 Å². The van der Waals surface area contributed by atoms with Gasteiger partial charge in [-0.15, -0.1) is 0 Å². The molecule has 0 unspecified atom stereocenters. The van der Waals surface area contributed by atoms with Gasteiger partial charge in [-0.3, -0.25) is 9.59 Å². The lowest BCUT2D eigenvalue weighted by atomic mass is 9.96. The van der Waals surface area contributed by atoms with E-state index in [1.807, 2.05) is 48.5 Å². The van der Waals surface area contributed by atoms with Crippen LogP contribution >= 0.6 is 15.9 Å². The van der Waals surface area contributed by atoms with Crippen molar-refractivity contribution in [1.82, 2.24) is 20.1 Å². The van der Waals surface area contributed by atoms with Crippen LogP contribution in [0.1, 0.15) is 48.4 Å². The smallest absolute Gasteiger partial charge is 0.251 e. The molecular weight excluding hydrogens is 993 g/mol. The molecular formula is C50H55BrN4O12S2. The molecule has 0 aromatic heterocycles. The first-order valence-electron chi connectivity index (χ1n) is 22.4. The summed E-state index contributed by atoms with van der Waals surface area (Å²) >= 11 is 3.27. The highest BCUT2D eigenvalue weighted by Gasteiger charge is 2.62. The molecule has 4 fully saturated rings. The van der Waals surface area contributed by atoms with Gasteiger partial charge >= 0.3 is 0 Å². The molecule has 4 aliphatic heterocycles.